The van der Waals surface area contributed by atoms with Crippen molar-refractivity contribution in [3.05, 3.63) is 64.0 Å². The highest BCUT2D eigenvalue weighted by atomic mass is 32.2. The van der Waals surface area contributed by atoms with Crippen molar-refractivity contribution in [2.24, 2.45) is 5.92 Å². The summed E-state index contributed by atoms with van der Waals surface area (Å²) in [5, 5.41) is 9.87. The van der Waals surface area contributed by atoms with Gasteiger partial charge in [-0.15, -0.1) is 0 Å². The molecule has 1 amide bonds. The van der Waals surface area contributed by atoms with E-state index in [-0.39, 0.29) is 29.9 Å². The second kappa shape index (κ2) is 8.81. The monoisotopic (exact) mass is 515 g/mol. The molecule has 0 spiro atoms. The maximum absolute atomic E-state index is 13.2. The van der Waals surface area contributed by atoms with Gasteiger partial charge in [-0.2, -0.15) is 21.6 Å². The minimum atomic E-state index is -6.26. The van der Waals surface area contributed by atoms with E-state index in [0.29, 0.717) is 24.9 Å². The van der Waals surface area contributed by atoms with E-state index in [1.807, 2.05) is 6.92 Å². The lowest BCUT2D eigenvalue weighted by molar-refractivity contribution is -0.0500. The molecular formula is C23H21F4NO6S. The Hall–Kier alpha value is -3.15. The number of alkyl halides is 3. The van der Waals surface area contributed by atoms with Crippen molar-refractivity contribution in [3.8, 4) is 5.75 Å². The fraction of sp³-hybridized carbons (Fsp3) is 0.391. The van der Waals surface area contributed by atoms with E-state index in [1.54, 1.807) is 0 Å². The number of fused-ring (bicyclic) bond motifs is 3. The molecule has 0 aliphatic carbocycles. The Morgan fingerprint density at radius 1 is 1.20 bits per heavy atom. The molecule has 35 heavy (non-hydrogen) atoms. The molecule has 2 heterocycles. The van der Waals surface area contributed by atoms with E-state index in [2.05, 4.69) is 4.18 Å². The number of carbonyl (C=O) groups excluding carboxylic acids is 1. The van der Waals surface area contributed by atoms with Gasteiger partial charge in [0.25, 0.3) is 5.91 Å². The van der Waals surface area contributed by atoms with Crippen LogP contribution < -0.4 is 4.18 Å². The first kappa shape index (κ1) is 25.0. The summed E-state index contributed by atoms with van der Waals surface area (Å²) < 4.78 is 80.9. The predicted molar refractivity (Wildman–Crippen MR) is 115 cm³/mol. The number of aromatic carboxylic acids is 1. The third-order valence-electron chi connectivity index (χ3n) is 6.52. The maximum atomic E-state index is 13.2. The topological polar surface area (TPSA) is 101 Å². The summed E-state index contributed by atoms with van der Waals surface area (Å²) in [7, 11) is -6.26. The molecule has 0 radical (unpaired) electrons. The van der Waals surface area contributed by atoms with E-state index in [0.717, 1.165) is 0 Å². The van der Waals surface area contributed by atoms with Crippen LogP contribution >= 0.6 is 0 Å². The highest BCUT2D eigenvalue weighted by Crippen LogP contribution is 2.50. The number of carboxylic acids is 1. The lowest BCUT2D eigenvalue weighted by Gasteiger charge is -2.21. The second-order valence-corrected chi connectivity index (χ2v) is 10.1. The molecule has 7 nitrogen and oxygen atoms in total. The standard InChI is InChI=1S/C23H21F4NO6S/c1-2-13-9-10-28-19(13)16-11-14(6-3-12-4-7-15(24)8-5-12)17(22(30)31)20(18(16)21(28)29)34-35(32,33)23(25,26)27/h4-5,7-8,11,13,19H,2-3,6,9-10H2,1H3,(H,30,31)/t13?,19-/m0/s1. The van der Waals surface area contributed by atoms with Crippen LogP contribution in [-0.4, -0.2) is 42.4 Å². The van der Waals surface area contributed by atoms with Crippen molar-refractivity contribution in [2.75, 3.05) is 6.54 Å². The smallest absolute Gasteiger partial charge is 0.478 e. The first-order chi connectivity index (χ1) is 16.4. The van der Waals surface area contributed by atoms with Crippen molar-refractivity contribution in [1.29, 1.82) is 0 Å². The number of hydrogen-bond donors (Lipinski definition) is 1. The molecule has 4 rings (SSSR count). The number of aryl methyl sites for hydroxylation is 2. The molecular weight excluding hydrogens is 494 g/mol. The molecule has 2 aliphatic rings. The average Bonchev–Trinajstić information content (AvgIpc) is 3.31. The maximum Gasteiger partial charge on any atom is 0.534 e. The molecule has 1 unspecified atom stereocenters. The van der Waals surface area contributed by atoms with E-state index < -0.39 is 56.2 Å². The second-order valence-electron chi connectivity index (χ2n) is 8.52. The van der Waals surface area contributed by atoms with Crippen molar-refractivity contribution in [3.63, 3.8) is 0 Å². The van der Waals surface area contributed by atoms with Gasteiger partial charge in [-0.3, -0.25) is 4.79 Å². The molecule has 12 heteroatoms. The number of hydrogen-bond acceptors (Lipinski definition) is 5. The summed E-state index contributed by atoms with van der Waals surface area (Å²) in [5.74, 6) is -4.12. The summed E-state index contributed by atoms with van der Waals surface area (Å²) in [5.41, 5.74) is -6.22. The van der Waals surface area contributed by atoms with Crippen LogP contribution in [0.25, 0.3) is 0 Å². The number of rotatable bonds is 7. The molecule has 0 bridgehead atoms. The Kier molecular flexibility index (Phi) is 6.28. The van der Waals surface area contributed by atoms with Crippen molar-refractivity contribution < 1.29 is 44.9 Å². The van der Waals surface area contributed by atoms with Crippen LogP contribution in [-0.2, 0) is 23.0 Å². The van der Waals surface area contributed by atoms with E-state index in [4.69, 9.17) is 0 Å². The SMILES string of the molecule is CCC1CCN2C(=O)c3c(cc(CCc4ccc(F)cc4)c(C(=O)O)c3OS(=O)(=O)C(F)(F)F)[C@H]12. The number of nitrogens with zero attached hydrogens (tertiary/aromatic N) is 1. The normalized spacial score (nSPS) is 19.6. The van der Waals surface area contributed by atoms with Crippen LogP contribution in [0.1, 0.15) is 63.2 Å². The zero-order valence-electron chi connectivity index (χ0n) is 18.4. The Morgan fingerprint density at radius 3 is 2.43 bits per heavy atom. The number of carboxylic acid groups (broad SMARTS) is 1. The summed E-state index contributed by atoms with van der Waals surface area (Å²) in [6.45, 7) is 2.19. The molecule has 1 N–H and O–H groups in total. The summed E-state index contributed by atoms with van der Waals surface area (Å²) >= 11 is 0. The quantitative estimate of drug-likeness (QED) is 0.332. The van der Waals surface area contributed by atoms with E-state index in [9.17, 15) is 40.7 Å². The molecule has 0 saturated carbocycles. The number of halogens is 4. The van der Waals surface area contributed by atoms with Gasteiger partial charge in [0.2, 0.25) is 0 Å². The molecule has 2 aromatic rings. The molecule has 0 aromatic heterocycles. The Bertz CT molecular complexity index is 1290. The van der Waals surface area contributed by atoms with Crippen LogP contribution in [0.3, 0.4) is 0 Å². The van der Waals surface area contributed by atoms with Gasteiger partial charge in [0.1, 0.15) is 11.4 Å². The Morgan fingerprint density at radius 2 is 1.86 bits per heavy atom. The molecule has 1 saturated heterocycles. The summed E-state index contributed by atoms with van der Waals surface area (Å²) in [6.07, 6.45) is 1.45. The van der Waals surface area contributed by atoms with Crippen LogP contribution in [0, 0.1) is 11.7 Å². The van der Waals surface area contributed by atoms with Gasteiger partial charge >= 0.3 is 21.6 Å². The lowest BCUT2D eigenvalue weighted by atomic mass is 9.87. The largest absolute Gasteiger partial charge is 0.534 e. The van der Waals surface area contributed by atoms with Crippen molar-refractivity contribution >= 4 is 22.0 Å². The third-order valence-corrected chi connectivity index (χ3v) is 7.47. The molecule has 2 atom stereocenters. The molecule has 188 valence electrons. The number of amides is 1. The number of benzene rings is 2. The Balaban J connectivity index is 1.90. The zero-order chi connectivity index (χ0) is 25.7. The van der Waals surface area contributed by atoms with Crippen LogP contribution in [0.5, 0.6) is 5.75 Å². The van der Waals surface area contributed by atoms with Crippen molar-refractivity contribution in [1.82, 2.24) is 4.90 Å². The fourth-order valence-electron chi connectivity index (χ4n) is 4.87. The first-order valence-electron chi connectivity index (χ1n) is 10.8. The molecule has 2 aliphatic heterocycles. The molecule has 2 aromatic carbocycles. The van der Waals surface area contributed by atoms with Gasteiger partial charge in [0.15, 0.2) is 5.75 Å². The van der Waals surface area contributed by atoms with Gasteiger partial charge in [-0.25, -0.2) is 9.18 Å². The number of carbonyl (C=O) groups is 2. The van der Waals surface area contributed by atoms with Gasteiger partial charge in [0, 0.05) is 6.54 Å². The lowest BCUT2D eigenvalue weighted by Crippen LogP contribution is -2.30. The predicted octanol–water partition coefficient (Wildman–Crippen LogP) is 4.46. The van der Waals surface area contributed by atoms with Crippen LogP contribution in [0.2, 0.25) is 0 Å². The summed E-state index contributed by atoms with van der Waals surface area (Å²) in [6, 6.07) is 6.30. The van der Waals surface area contributed by atoms with Gasteiger partial charge in [0.05, 0.1) is 11.6 Å². The van der Waals surface area contributed by atoms with Crippen LogP contribution in [0.15, 0.2) is 30.3 Å². The minimum Gasteiger partial charge on any atom is -0.478 e. The van der Waals surface area contributed by atoms with E-state index in [1.165, 1.54) is 35.2 Å². The summed E-state index contributed by atoms with van der Waals surface area (Å²) in [4.78, 5) is 26.7. The van der Waals surface area contributed by atoms with Crippen LogP contribution in [0.4, 0.5) is 17.6 Å². The first-order valence-corrected chi connectivity index (χ1v) is 12.3. The van der Waals surface area contributed by atoms with Crippen molar-refractivity contribution in [2.45, 2.75) is 44.2 Å². The highest BCUT2D eigenvalue weighted by Gasteiger charge is 2.52. The van der Waals surface area contributed by atoms with Gasteiger partial charge in [-0.1, -0.05) is 31.5 Å². The zero-order valence-corrected chi connectivity index (χ0v) is 19.2. The molecule has 1 fully saturated rings. The van der Waals surface area contributed by atoms with Gasteiger partial charge < -0.3 is 14.2 Å². The van der Waals surface area contributed by atoms with Gasteiger partial charge in [-0.05, 0) is 54.0 Å². The fourth-order valence-corrected chi connectivity index (χ4v) is 5.35. The van der Waals surface area contributed by atoms with E-state index >= 15 is 0 Å². The highest BCUT2D eigenvalue weighted by molar-refractivity contribution is 7.88. The minimum absolute atomic E-state index is 0.0179. The Labute approximate surface area is 198 Å². The average molecular weight is 515 g/mol. The third kappa shape index (κ3) is 4.35.